The van der Waals surface area contributed by atoms with Crippen LogP contribution in [0.25, 0.3) is 0 Å². The zero-order valence-electron chi connectivity index (χ0n) is 21.0. The summed E-state index contributed by atoms with van der Waals surface area (Å²) in [5, 5.41) is 0. The molecule has 4 fully saturated rings. The Balaban J connectivity index is 1.13. The second-order valence-electron chi connectivity index (χ2n) is 11.5. The molecule has 1 saturated carbocycles. The molecule has 4 aliphatic rings. The predicted molar refractivity (Wildman–Crippen MR) is 133 cm³/mol. The van der Waals surface area contributed by atoms with Crippen molar-refractivity contribution < 1.29 is 4.79 Å². The average Bonchev–Trinajstić information content (AvgIpc) is 3.08. The summed E-state index contributed by atoms with van der Waals surface area (Å²) >= 11 is 0. The molecule has 1 aromatic heterocycles. The van der Waals surface area contributed by atoms with Crippen molar-refractivity contribution in [2.45, 2.75) is 109 Å². The van der Waals surface area contributed by atoms with E-state index in [9.17, 15) is 4.79 Å². The summed E-state index contributed by atoms with van der Waals surface area (Å²) in [5.41, 5.74) is 1.33. The van der Waals surface area contributed by atoms with Crippen LogP contribution in [0.15, 0.2) is 12.4 Å². The summed E-state index contributed by atoms with van der Waals surface area (Å²) in [4.78, 5) is 29.1. The van der Waals surface area contributed by atoms with Crippen LogP contribution in [0.5, 0.6) is 0 Å². The molecule has 3 aliphatic heterocycles. The van der Waals surface area contributed by atoms with Crippen molar-refractivity contribution >= 4 is 11.7 Å². The van der Waals surface area contributed by atoms with E-state index in [4.69, 9.17) is 9.97 Å². The minimum Gasteiger partial charge on any atom is -0.332 e. The Morgan fingerprint density at radius 2 is 1.48 bits per heavy atom. The first-order valence-electron chi connectivity index (χ1n) is 13.6. The van der Waals surface area contributed by atoms with Crippen LogP contribution in [0.2, 0.25) is 0 Å². The average molecular weight is 454 g/mol. The lowest BCUT2D eigenvalue weighted by Crippen LogP contribution is -2.56. The molecule has 0 N–H and O–H groups in total. The smallest absolute Gasteiger partial charge is 0.225 e. The third-order valence-electron chi connectivity index (χ3n) is 9.04. The molecule has 2 bridgehead atoms. The lowest BCUT2D eigenvalue weighted by molar-refractivity contribution is -0.118. The van der Waals surface area contributed by atoms with E-state index in [1.165, 1.54) is 70.0 Å². The first-order valence-corrected chi connectivity index (χ1v) is 13.6. The van der Waals surface area contributed by atoms with Gasteiger partial charge in [0.05, 0.1) is 0 Å². The molecular weight excluding hydrogens is 410 g/mol. The molecule has 5 rings (SSSR count). The van der Waals surface area contributed by atoms with Crippen molar-refractivity contribution in [1.29, 1.82) is 0 Å². The van der Waals surface area contributed by atoms with E-state index >= 15 is 0 Å². The first-order chi connectivity index (χ1) is 16.0. The molecule has 33 heavy (non-hydrogen) atoms. The molecule has 1 aliphatic carbocycles. The van der Waals surface area contributed by atoms with E-state index in [-0.39, 0.29) is 0 Å². The molecule has 0 radical (unpaired) electrons. The highest BCUT2D eigenvalue weighted by Gasteiger charge is 2.41. The molecule has 6 nitrogen and oxygen atoms in total. The zero-order valence-corrected chi connectivity index (χ0v) is 21.0. The monoisotopic (exact) mass is 453 g/mol. The van der Waals surface area contributed by atoms with Crippen molar-refractivity contribution in [3.8, 4) is 0 Å². The van der Waals surface area contributed by atoms with Crippen LogP contribution in [0.3, 0.4) is 0 Å². The van der Waals surface area contributed by atoms with Gasteiger partial charge in [0.2, 0.25) is 5.95 Å². The third kappa shape index (κ3) is 5.12. The van der Waals surface area contributed by atoms with Gasteiger partial charge in [-0.15, -0.1) is 0 Å². The van der Waals surface area contributed by atoms with Gasteiger partial charge in [0.25, 0.3) is 0 Å². The molecule has 4 heterocycles. The number of hydrogen-bond acceptors (Lipinski definition) is 6. The van der Waals surface area contributed by atoms with E-state index in [1.807, 2.05) is 0 Å². The van der Waals surface area contributed by atoms with E-state index in [0.29, 0.717) is 35.7 Å². The molecule has 0 aromatic carbocycles. The highest BCUT2D eigenvalue weighted by molar-refractivity contribution is 5.75. The Morgan fingerprint density at radius 3 is 2.03 bits per heavy atom. The minimum atomic E-state index is 0.359. The highest BCUT2D eigenvalue weighted by Crippen LogP contribution is 2.36. The van der Waals surface area contributed by atoms with Gasteiger partial charge in [-0.1, -0.05) is 0 Å². The van der Waals surface area contributed by atoms with Crippen molar-refractivity contribution in [3.05, 3.63) is 18.0 Å². The normalized spacial score (nSPS) is 31.9. The number of anilines is 1. The second-order valence-corrected chi connectivity index (χ2v) is 11.5. The van der Waals surface area contributed by atoms with Crippen LogP contribution in [0, 0.1) is 5.92 Å². The van der Waals surface area contributed by atoms with Crippen molar-refractivity contribution in [2.24, 2.45) is 5.92 Å². The SMILES string of the molecule is CC(=O)CC1CCC(N2CCC(c3cnc(N4C5CCC4CN(C(C)C)C5)nc3)CC2)CC1. The predicted octanol–water partition coefficient (Wildman–Crippen LogP) is 4.26. The van der Waals surface area contributed by atoms with Gasteiger partial charge >= 0.3 is 0 Å². The highest BCUT2D eigenvalue weighted by atomic mass is 16.1. The fourth-order valence-corrected chi connectivity index (χ4v) is 7.08. The van der Waals surface area contributed by atoms with E-state index in [0.717, 1.165) is 31.5 Å². The van der Waals surface area contributed by atoms with Gasteiger partial charge in [-0.25, -0.2) is 9.97 Å². The molecule has 2 unspecified atom stereocenters. The van der Waals surface area contributed by atoms with Crippen LogP contribution in [-0.2, 0) is 4.79 Å². The Labute approximate surface area is 200 Å². The summed E-state index contributed by atoms with van der Waals surface area (Å²) in [7, 11) is 0. The van der Waals surface area contributed by atoms with Crippen LogP contribution in [0.1, 0.15) is 90.0 Å². The lowest BCUT2D eigenvalue weighted by Gasteiger charge is -2.43. The number of hydrogen-bond donors (Lipinski definition) is 0. The molecular formula is C27H43N5O. The number of piperidine rings is 1. The lowest BCUT2D eigenvalue weighted by atomic mass is 9.81. The Hall–Kier alpha value is -1.53. The largest absolute Gasteiger partial charge is 0.332 e. The van der Waals surface area contributed by atoms with Gasteiger partial charge in [0, 0.05) is 56.1 Å². The van der Waals surface area contributed by atoms with Crippen LogP contribution in [0.4, 0.5) is 5.95 Å². The van der Waals surface area contributed by atoms with Gasteiger partial charge in [0.1, 0.15) is 5.78 Å². The topological polar surface area (TPSA) is 52.6 Å². The number of carbonyl (C=O) groups is 1. The number of Topliss-reactive ketones (excluding diaryl/α,β-unsaturated/α-hetero) is 1. The van der Waals surface area contributed by atoms with Crippen molar-refractivity contribution in [2.75, 3.05) is 31.1 Å². The van der Waals surface area contributed by atoms with Gasteiger partial charge in [-0.05, 0) is 103 Å². The molecule has 6 heteroatoms. The van der Waals surface area contributed by atoms with Gasteiger partial charge < -0.3 is 14.6 Å². The Kier molecular flexibility index (Phi) is 7.03. The summed E-state index contributed by atoms with van der Waals surface area (Å²) in [5.74, 6) is 2.54. The number of aromatic nitrogens is 2. The molecule has 0 spiro atoms. The molecule has 3 saturated heterocycles. The number of carbonyl (C=O) groups excluding carboxylic acids is 1. The first kappa shape index (κ1) is 23.2. The number of likely N-dealkylation sites (tertiary alicyclic amines) is 2. The summed E-state index contributed by atoms with van der Waals surface area (Å²) in [6.45, 7) is 11.0. The standard InChI is InChI=1S/C27H43N5O/c1-19(2)31-17-25-8-9-26(18-31)32(25)27-28-15-23(16-29-27)22-10-12-30(13-11-22)24-6-4-21(5-7-24)14-20(3)33/h15-16,19,21-22,24-26H,4-14,17-18H2,1-3H3. The maximum atomic E-state index is 11.4. The summed E-state index contributed by atoms with van der Waals surface area (Å²) in [6.07, 6.45) is 15.0. The molecule has 2 atom stereocenters. The number of nitrogens with zero attached hydrogens (tertiary/aromatic N) is 5. The fraction of sp³-hybridized carbons (Fsp3) is 0.815. The number of fused-ring (bicyclic) bond motifs is 2. The van der Waals surface area contributed by atoms with Gasteiger partial charge in [-0.2, -0.15) is 0 Å². The maximum absolute atomic E-state index is 11.4. The summed E-state index contributed by atoms with van der Waals surface area (Å²) < 4.78 is 0. The van der Waals surface area contributed by atoms with Crippen LogP contribution in [-0.4, -0.2) is 75.9 Å². The van der Waals surface area contributed by atoms with Gasteiger partial charge in [0.15, 0.2) is 0 Å². The van der Waals surface area contributed by atoms with Crippen molar-refractivity contribution in [1.82, 2.24) is 19.8 Å². The number of rotatable bonds is 6. The van der Waals surface area contributed by atoms with E-state index in [1.54, 1.807) is 6.92 Å². The van der Waals surface area contributed by atoms with E-state index in [2.05, 4.69) is 40.9 Å². The Bertz CT molecular complexity index is 781. The quantitative estimate of drug-likeness (QED) is 0.642. The third-order valence-corrected chi connectivity index (χ3v) is 9.04. The van der Waals surface area contributed by atoms with Crippen LogP contribution < -0.4 is 4.90 Å². The minimum absolute atomic E-state index is 0.359. The molecule has 1 aromatic rings. The molecule has 182 valence electrons. The van der Waals surface area contributed by atoms with E-state index < -0.39 is 0 Å². The maximum Gasteiger partial charge on any atom is 0.225 e. The molecule has 0 amide bonds. The van der Waals surface area contributed by atoms with Crippen molar-refractivity contribution in [3.63, 3.8) is 0 Å². The van der Waals surface area contributed by atoms with Gasteiger partial charge in [-0.3, -0.25) is 4.90 Å². The second kappa shape index (κ2) is 9.99. The zero-order chi connectivity index (χ0) is 22.9. The summed E-state index contributed by atoms with van der Waals surface area (Å²) in [6, 6.07) is 2.50. The number of piperazine rings is 1. The Morgan fingerprint density at radius 1 is 0.909 bits per heavy atom. The fourth-order valence-electron chi connectivity index (χ4n) is 7.08. The van der Waals surface area contributed by atoms with Crippen LogP contribution >= 0.6 is 0 Å². The number of ketones is 1.